The number of carbonyl (C=O) groups excluding carboxylic acids is 1. The lowest BCUT2D eigenvalue weighted by Gasteiger charge is -2.33. The Hall–Kier alpha value is -1.88. The number of rotatable bonds is 4. The van der Waals surface area contributed by atoms with E-state index in [1.54, 1.807) is 17.0 Å². The monoisotopic (exact) mass is 290 g/mol. The Kier molecular flexibility index (Phi) is 4.63. The number of hydrogen-bond acceptors (Lipinski definition) is 3. The molecule has 1 atom stereocenters. The molecule has 0 aliphatic carbocycles. The molecule has 1 aromatic rings. The maximum atomic E-state index is 12.5. The van der Waals surface area contributed by atoms with Gasteiger partial charge >= 0.3 is 5.97 Å². The Morgan fingerprint density at radius 2 is 2.05 bits per heavy atom. The van der Waals surface area contributed by atoms with E-state index in [1.807, 2.05) is 19.9 Å². The molecule has 0 saturated heterocycles. The van der Waals surface area contributed by atoms with Gasteiger partial charge in [0.25, 0.3) is 0 Å². The Balaban J connectivity index is 2.19. The number of carboxylic acid groups (broad SMARTS) is 1. The number of aromatic carboxylic acids is 1. The molecule has 1 unspecified atom stereocenters. The summed E-state index contributed by atoms with van der Waals surface area (Å²) in [5.41, 5.74) is 8.03. The van der Waals surface area contributed by atoms with Crippen LogP contribution >= 0.6 is 0 Å². The molecule has 0 spiro atoms. The minimum atomic E-state index is -0.941. The molecular weight excluding hydrogens is 268 g/mol. The van der Waals surface area contributed by atoms with Crippen LogP contribution in [0.25, 0.3) is 0 Å². The summed E-state index contributed by atoms with van der Waals surface area (Å²) < 4.78 is 0. The molecule has 0 aromatic heterocycles. The third kappa shape index (κ3) is 3.24. The lowest BCUT2D eigenvalue weighted by molar-refractivity contribution is -0.137. The van der Waals surface area contributed by atoms with Crippen molar-refractivity contribution in [3.05, 3.63) is 34.9 Å². The van der Waals surface area contributed by atoms with Crippen molar-refractivity contribution < 1.29 is 14.7 Å². The number of carboxylic acids is 1. The summed E-state index contributed by atoms with van der Waals surface area (Å²) in [6.07, 6.45) is 0.760. The van der Waals surface area contributed by atoms with Crippen LogP contribution in [0.4, 0.5) is 0 Å². The molecule has 1 amide bonds. The van der Waals surface area contributed by atoms with Crippen LogP contribution in [0, 0.1) is 11.8 Å². The molecule has 0 bridgehead atoms. The number of fused-ring (bicyclic) bond motifs is 1. The van der Waals surface area contributed by atoms with Gasteiger partial charge in [-0.15, -0.1) is 0 Å². The third-order valence-corrected chi connectivity index (χ3v) is 4.15. The first-order chi connectivity index (χ1) is 9.93. The zero-order valence-electron chi connectivity index (χ0n) is 12.5. The van der Waals surface area contributed by atoms with Gasteiger partial charge in [0.15, 0.2) is 0 Å². The molecule has 2 rings (SSSR count). The fraction of sp³-hybridized carbons (Fsp3) is 0.500. The van der Waals surface area contributed by atoms with E-state index in [0.717, 1.165) is 17.5 Å². The standard InChI is InChI=1S/C16H22N2O3/c1-10(2)14(8-17)15(19)18-6-5-11-3-4-12(16(20)21)7-13(11)9-18/h3-4,7,10,14H,5-6,8-9,17H2,1-2H3,(H,20,21). The molecule has 5 heteroatoms. The summed E-state index contributed by atoms with van der Waals surface area (Å²) in [6.45, 7) is 5.47. The van der Waals surface area contributed by atoms with Crippen LogP contribution in [0.5, 0.6) is 0 Å². The van der Waals surface area contributed by atoms with E-state index >= 15 is 0 Å². The lowest BCUT2D eigenvalue weighted by atomic mass is 9.92. The SMILES string of the molecule is CC(C)C(CN)C(=O)N1CCc2ccc(C(=O)O)cc2C1. The first-order valence-corrected chi connectivity index (χ1v) is 7.28. The summed E-state index contributed by atoms with van der Waals surface area (Å²) in [5, 5.41) is 9.06. The van der Waals surface area contributed by atoms with E-state index in [0.29, 0.717) is 19.6 Å². The summed E-state index contributed by atoms with van der Waals surface area (Å²) in [5.74, 6) is -0.842. The van der Waals surface area contributed by atoms with E-state index in [9.17, 15) is 9.59 Å². The highest BCUT2D eigenvalue weighted by atomic mass is 16.4. The molecule has 1 heterocycles. The summed E-state index contributed by atoms with van der Waals surface area (Å²) >= 11 is 0. The number of benzene rings is 1. The van der Waals surface area contributed by atoms with Gasteiger partial charge in [0, 0.05) is 19.6 Å². The topological polar surface area (TPSA) is 83.6 Å². The van der Waals surface area contributed by atoms with Crippen molar-refractivity contribution in [1.82, 2.24) is 4.90 Å². The predicted octanol–water partition coefficient (Wildman–Crippen LogP) is 1.50. The van der Waals surface area contributed by atoms with Crippen LogP contribution in [0.2, 0.25) is 0 Å². The van der Waals surface area contributed by atoms with Crippen LogP contribution in [0.15, 0.2) is 18.2 Å². The second-order valence-electron chi connectivity index (χ2n) is 5.88. The average molecular weight is 290 g/mol. The number of nitrogens with two attached hydrogens (primary N) is 1. The molecule has 1 aromatic carbocycles. The Bertz CT molecular complexity index is 554. The van der Waals surface area contributed by atoms with Crippen molar-refractivity contribution >= 4 is 11.9 Å². The van der Waals surface area contributed by atoms with Gasteiger partial charge < -0.3 is 15.7 Å². The minimum Gasteiger partial charge on any atom is -0.478 e. The van der Waals surface area contributed by atoms with Crippen LogP contribution < -0.4 is 5.73 Å². The maximum Gasteiger partial charge on any atom is 0.335 e. The largest absolute Gasteiger partial charge is 0.478 e. The molecule has 1 aliphatic heterocycles. The minimum absolute atomic E-state index is 0.0684. The van der Waals surface area contributed by atoms with E-state index < -0.39 is 5.97 Å². The average Bonchev–Trinajstić information content (AvgIpc) is 2.46. The van der Waals surface area contributed by atoms with Gasteiger partial charge in [-0.25, -0.2) is 4.79 Å². The highest BCUT2D eigenvalue weighted by molar-refractivity contribution is 5.88. The highest BCUT2D eigenvalue weighted by Crippen LogP contribution is 2.23. The zero-order valence-corrected chi connectivity index (χ0v) is 12.5. The summed E-state index contributed by atoms with van der Waals surface area (Å²) in [7, 11) is 0. The van der Waals surface area contributed by atoms with Crippen molar-refractivity contribution in [1.29, 1.82) is 0 Å². The molecule has 21 heavy (non-hydrogen) atoms. The zero-order chi connectivity index (χ0) is 15.6. The third-order valence-electron chi connectivity index (χ3n) is 4.15. The smallest absolute Gasteiger partial charge is 0.335 e. The first-order valence-electron chi connectivity index (χ1n) is 7.28. The summed E-state index contributed by atoms with van der Waals surface area (Å²) in [4.78, 5) is 25.4. The molecule has 1 aliphatic rings. The van der Waals surface area contributed by atoms with E-state index in [1.165, 1.54) is 0 Å². The predicted molar refractivity (Wildman–Crippen MR) is 79.9 cm³/mol. The van der Waals surface area contributed by atoms with Gasteiger partial charge in [0.05, 0.1) is 11.5 Å². The van der Waals surface area contributed by atoms with Gasteiger partial charge in [-0.05, 0) is 35.6 Å². The fourth-order valence-electron chi connectivity index (χ4n) is 2.77. The molecular formula is C16H22N2O3. The van der Waals surface area contributed by atoms with Crippen molar-refractivity contribution in [3.63, 3.8) is 0 Å². The van der Waals surface area contributed by atoms with Crippen LogP contribution in [0.1, 0.15) is 35.3 Å². The van der Waals surface area contributed by atoms with Gasteiger partial charge in [-0.1, -0.05) is 19.9 Å². The number of carbonyl (C=O) groups is 2. The van der Waals surface area contributed by atoms with Crippen LogP contribution in [-0.2, 0) is 17.8 Å². The van der Waals surface area contributed by atoms with Gasteiger partial charge in [0.1, 0.15) is 0 Å². The molecule has 3 N–H and O–H groups in total. The van der Waals surface area contributed by atoms with E-state index in [-0.39, 0.29) is 23.3 Å². The summed E-state index contributed by atoms with van der Waals surface area (Å²) in [6, 6.07) is 5.14. The Morgan fingerprint density at radius 3 is 2.62 bits per heavy atom. The second kappa shape index (κ2) is 6.26. The number of amides is 1. The molecule has 5 nitrogen and oxygen atoms in total. The molecule has 114 valence electrons. The normalized spacial score (nSPS) is 15.7. The second-order valence-corrected chi connectivity index (χ2v) is 5.88. The first kappa shape index (κ1) is 15.5. The van der Waals surface area contributed by atoms with Gasteiger partial charge in [-0.3, -0.25) is 4.79 Å². The van der Waals surface area contributed by atoms with E-state index in [2.05, 4.69) is 0 Å². The lowest BCUT2D eigenvalue weighted by Crippen LogP contribution is -2.43. The number of nitrogens with zero attached hydrogens (tertiary/aromatic N) is 1. The fourth-order valence-corrected chi connectivity index (χ4v) is 2.77. The highest BCUT2D eigenvalue weighted by Gasteiger charge is 2.28. The van der Waals surface area contributed by atoms with Crippen molar-refractivity contribution in [2.24, 2.45) is 17.6 Å². The molecule has 0 saturated carbocycles. The number of hydrogen-bond donors (Lipinski definition) is 2. The van der Waals surface area contributed by atoms with Gasteiger partial charge in [-0.2, -0.15) is 0 Å². The Morgan fingerprint density at radius 1 is 1.33 bits per heavy atom. The van der Waals surface area contributed by atoms with Crippen LogP contribution in [-0.4, -0.2) is 35.0 Å². The van der Waals surface area contributed by atoms with Crippen molar-refractivity contribution in [2.45, 2.75) is 26.8 Å². The van der Waals surface area contributed by atoms with Gasteiger partial charge in [0.2, 0.25) is 5.91 Å². The van der Waals surface area contributed by atoms with Crippen molar-refractivity contribution in [3.8, 4) is 0 Å². The molecule has 0 fully saturated rings. The quantitative estimate of drug-likeness (QED) is 0.880. The van der Waals surface area contributed by atoms with E-state index in [4.69, 9.17) is 10.8 Å². The van der Waals surface area contributed by atoms with Crippen molar-refractivity contribution in [2.75, 3.05) is 13.1 Å². The Labute approximate surface area is 124 Å². The maximum absolute atomic E-state index is 12.5. The molecule has 0 radical (unpaired) electrons. The van der Waals surface area contributed by atoms with Crippen LogP contribution in [0.3, 0.4) is 0 Å².